The van der Waals surface area contributed by atoms with Gasteiger partial charge in [-0.05, 0) is 42.0 Å². The molecular weight excluding hydrogens is 330 g/mol. The van der Waals surface area contributed by atoms with Crippen LogP contribution in [-0.2, 0) is 16.4 Å². The Balaban J connectivity index is 1.64. The van der Waals surface area contributed by atoms with Gasteiger partial charge in [-0.15, -0.1) is 11.3 Å². The summed E-state index contributed by atoms with van der Waals surface area (Å²) in [7, 11) is -3.21. The van der Waals surface area contributed by atoms with Gasteiger partial charge >= 0.3 is 0 Å². The number of sulfone groups is 1. The molecule has 1 amide bonds. The van der Waals surface area contributed by atoms with Crippen molar-refractivity contribution in [2.24, 2.45) is 0 Å². The number of benzene rings is 1. The van der Waals surface area contributed by atoms with E-state index in [0.29, 0.717) is 16.3 Å². The molecule has 6 heteroatoms. The van der Waals surface area contributed by atoms with Gasteiger partial charge in [0.1, 0.15) is 0 Å². The van der Waals surface area contributed by atoms with E-state index >= 15 is 0 Å². The van der Waals surface area contributed by atoms with E-state index in [1.807, 2.05) is 11.4 Å². The third-order valence-corrected chi connectivity index (χ3v) is 7.34. The van der Waals surface area contributed by atoms with Gasteiger partial charge in [-0.2, -0.15) is 0 Å². The van der Waals surface area contributed by atoms with Crippen LogP contribution in [0.15, 0.2) is 46.7 Å². The van der Waals surface area contributed by atoms with Crippen LogP contribution in [0.1, 0.15) is 40.9 Å². The highest BCUT2D eigenvalue weighted by molar-refractivity contribution is 7.92. The van der Waals surface area contributed by atoms with Crippen LogP contribution in [0.2, 0.25) is 0 Å². The van der Waals surface area contributed by atoms with E-state index < -0.39 is 9.84 Å². The van der Waals surface area contributed by atoms with Crippen LogP contribution in [0.25, 0.3) is 0 Å². The Bertz CT molecular complexity index is 759. The van der Waals surface area contributed by atoms with Crippen LogP contribution in [0.4, 0.5) is 0 Å². The molecule has 122 valence electrons. The predicted octanol–water partition coefficient (Wildman–Crippen LogP) is 3.39. The Hall–Kier alpha value is -1.66. The van der Waals surface area contributed by atoms with Crippen LogP contribution in [0, 0.1) is 0 Å². The van der Waals surface area contributed by atoms with Crippen molar-refractivity contribution in [2.45, 2.75) is 42.4 Å². The number of nitrogens with one attached hydrogen (secondary N) is 1. The predicted molar refractivity (Wildman–Crippen MR) is 91.4 cm³/mol. The summed E-state index contributed by atoms with van der Waals surface area (Å²) in [5.41, 5.74) is 0.889. The zero-order valence-electron chi connectivity index (χ0n) is 12.7. The first kappa shape index (κ1) is 16.2. The summed E-state index contributed by atoms with van der Waals surface area (Å²) < 4.78 is 25.0. The molecule has 1 aromatic heterocycles. The van der Waals surface area contributed by atoms with Gasteiger partial charge in [0.05, 0.1) is 15.0 Å². The van der Waals surface area contributed by atoms with Gasteiger partial charge in [0.25, 0.3) is 5.91 Å². The molecule has 0 spiro atoms. The van der Waals surface area contributed by atoms with Crippen molar-refractivity contribution in [3.05, 3.63) is 52.2 Å². The first-order valence-electron chi connectivity index (χ1n) is 7.72. The molecule has 3 rings (SSSR count). The van der Waals surface area contributed by atoms with Gasteiger partial charge < -0.3 is 5.32 Å². The maximum atomic E-state index is 12.5. The lowest BCUT2D eigenvalue weighted by Gasteiger charge is -2.11. The van der Waals surface area contributed by atoms with Gasteiger partial charge in [-0.1, -0.05) is 31.0 Å². The molecule has 0 bridgehead atoms. The van der Waals surface area contributed by atoms with Crippen LogP contribution >= 0.6 is 11.3 Å². The van der Waals surface area contributed by atoms with Crippen LogP contribution in [0.5, 0.6) is 0 Å². The summed E-state index contributed by atoms with van der Waals surface area (Å²) in [5, 5.41) is 4.47. The van der Waals surface area contributed by atoms with E-state index in [2.05, 4.69) is 5.32 Å². The highest BCUT2D eigenvalue weighted by Gasteiger charge is 2.29. The number of amides is 1. The average Bonchev–Trinajstić information content (AvgIpc) is 3.25. The Kier molecular flexibility index (Phi) is 4.82. The number of thiophene rings is 1. The summed E-state index contributed by atoms with van der Waals surface area (Å²) in [6.07, 6.45) is 3.52. The Morgan fingerprint density at radius 2 is 1.83 bits per heavy atom. The second-order valence-electron chi connectivity index (χ2n) is 5.76. The Labute approximate surface area is 140 Å². The van der Waals surface area contributed by atoms with E-state index in [-0.39, 0.29) is 11.2 Å². The molecular formula is C17H19NO3S2. The summed E-state index contributed by atoms with van der Waals surface area (Å²) in [4.78, 5) is 12.9. The van der Waals surface area contributed by atoms with Crippen LogP contribution in [-0.4, -0.2) is 19.6 Å². The fraction of sp³-hybridized carbons (Fsp3) is 0.353. The van der Waals surface area contributed by atoms with E-state index in [1.165, 1.54) is 11.3 Å². The number of hydrogen-bond donors (Lipinski definition) is 1. The topological polar surface area (TPSA) is 63.2 Å². The van der Waals surface area contributed by atoms with E-state index in [0.717, 1.165) is 31.2 Å². The summed E-state index contributed by atoms with van der Waals surface area (Å²) >= 11 is 1.39. The van der Waals surface area contributed by atoms with E-state index in [9.17, 15) is 13.2 Å². The van der Waals surface area contributed by atoms with Crippen LogP contribution < -0.4 is 5.32 Å². The quantitative estimate of drug-likeness (QED) is 0.900. The molecule has 2 aromatic rings. The molecule has 1 aliphatic carbocycles. The third-order valence-electron chi connectivity index (χ3n) is 4.19. The molecule has 0 aliphatic heterocycles. The minimum absolute atomic E-state index is 0.109. The zero-order chi connectivity index (χ0) is 16.3. The highest BCUT2D eigenvalue weighted by Crippen LogP contribution is 2.29. The maximum absolute atomic E-state index is 12.5. The number of carbonyl (C=O) groups is 1. The number of rotatable bonds is 5. The molecule has 0 unspecified atom stereocenters. The van der Waals surface area contributed by atoms with Crippen molar-refractivity contribution in [3.63, 3.8) is 0 Å². The first-order valence-corrected chi connectivity index (χ1v) is 10.1. The lowest BCUT2D eigenvalue weighted by molar-refractivity contribution is 0.0955. The largest absolute Gasteiger partial charge is 0.347 e. The molecule has 1 heterocycles. The van der Waals surface area contributed by atoms with E-state index in [4.69, 9.17) is 0 Å². The second-order valence-corrected chi connectivity index (χ2v) is 8.93. The second kappa shape index (κ2) is 6.84. The average molecular weight is 349 g/mol. The van der Waals surface area contributed by atoms with Crippen LogP contribution in [0.3, 0.4) is 0 Å². The van der Waals surface area contributed by atoms with Crippen molar-refractivity contribution < 1.29 is 13.2 Å². The van der Waals surface area contributed by atoms with Gasteiger partial charge in [-0.25, -0.2) is 8.42 Å². The highest BCUT2D eigenvalue weighted by atomic mass is 32.2. The molecule has 0 atom stereocenters. The third kappa shape index (κ3) is 3.64. The molecule has 0 saturated heterocycles. The standard InChI is InChI=1S/C17H19NO3S2/c19-17(16-6-3-11-22-16)18-12-13-7-9-15(10-8-13)23(20,21)14-4-1-2-5-14/h3,6-11,14H,1-2,4-5,12H2,(H,18,19). The van der Waals surface area contributed by atoms with Gasteiger partial charge in [0, 0.05) is 6.54 Å². The molecule has 1 aliphatic rings. The SMILES string of the molecule is O=C(NCc1ccc(S(=O)(=O)C2CCCC2)cc1)c1cccs1. The monoisotopic (exact) mass is 349 g/mol. The molecule has 1 N–H and O–H groups in total. The molecule has 1 saturated carbocycles. The Morgan fingerprint density at radius 3 is 2.43 bits per heavy atom. The van der Waals surface area contributed by atoms with Crippen molar-refractivity contribution in [2.75, 3.05) is 0 Å². The fourth-order valence-electron chi connectivity index (χ4n) is 2.87. The smallest absolute Gasteiger partial charge is 0.261 e. The van der Waals surface area contributed by atoms with Crippen molar-refractivity contribution in [1.82, 2.24) is 5.32 Å². The molecule has 0 radical (unpaired) electrons. The zero-order valence-corrected chi connectivity index (χ0v) is 14.3. The van der Waals surface area contributed by atoms with Gasteiger partial charge in [0.15, 0.2) is 9.84 Å². The van der Waals surface area contributed by atoms with Gasteiger partial charge in [0.2, 0.25) is 0 Å². The lowest BCUT2D eigenvalue weighted by Crippen LogP contribution is -2.22. The van der Waals surface area contributed by atoms with Crippen molar-refractivity contribution in [1.29, 1.82) is 0 Å². The molecule has 1 aromatic carbocycles. The summed E-state index contributed by atoms with van der Waals surface area (Å²) in [6.45, 7) is 0.389. The molecule has 4 nitrogen and oxygen atoms in total. The van der Waals surface area contributed by atoms with E-state index in [1.54, 1.807) is 30.3 Å². The summed E-state index contributed by atoms with van der Waals surface area (Å²) in [6, 6.07) is 10.5. The minimum Gasteiger partial charge on any atom is -0.347 e. The summed E-state index contributed by atoms with van der Waals surface area (Å²) in [5.74, 6) is -0.109. The Morgan fingerprint density at radius 1 is 1.13 bits per heavy atom. The molecule has 1 fully saturated rings. The van der Waals surface area contributed by atoms with Crippen molar-refractivity contribution >= 4 is 27.1 Å². The first-order chi connectivity index (χ1) is 11.1. The lowest BCUT2D eigenvalue weighted by atomic mass is 10.2. The maximum Gasteiger partial charge on any atom is 0.261 e. The fourth-order valence-corrected chi connectivity index (χ4v) is 5.36. The normalized spacial score (nSPS) is 15.7. The number of carbonyl (C=O) groups excluding carboxylic acids is 1. The van der Waals surface area contributed by atoms with Crippen molar-refractivity contribution in [3.8, 4) is 0 Å². The molecule has 23 heavy (non-hydrogen) atoms. The minimum atomic E-state index is -3.21. The number of hydrogen-bond acceptors (Lipinski definition) is 4. The van der Waals surface area contributed by atoms with Gasteiger partial charge in [-0.3, -0.25) is 4.79 Å².